The first kappa shape index (κ1) is 12.3. The maximum atomic E-state index is 2.54. The Bertz CT molecular complexity index is 376. The molecule has 0 saturated carbocycles. The molecule has 0 aliphatic carbocycles. The van der Waals surface area contributed by atoms with Gasteiger partial charge in [0.05, 0.1) is 0 Å². The molecule has 0 radical (unpaired) electrons. The number of likely N-dealkylation sites (N-methyl/N-ethyl adjacent to an activating group) is 1. The van der Waals surface area contributed by atoms with Crippen LogP contribution in [0.4, 0.5) is 0 Å². The van der Waals surface area contributed by atoms with Crippen molar-refractivity contribution in [1.29, 1.82) is 0 Å². The molecule has 2 nitrogen and oxygen atoms in total. The van der Waals surface area contributed by atoms with Gasteiger partial charge in [0.15, 0.2) is 0 Å². The highest BCUT2D eigenvalue weighted by molar-refractivity contribution is 5.49. The van der Waals surface area contributed by atoms with Gasteiger partial charge in [-0.05, 0) is 25.1 Å². The van der Waals surface area contributed by atoms with Gasteiger partial charge in [0.25, 0.3) is 0 Å². The van der Waals surface area contributed by atoms with E-state index in [0.29, 0.717) is 0 Å². The highest BCUT2D eigenvalue weighted by Crippen LogP contribution is 2.11. The molecule has 0 unspecified atom stereocenters. The smallest absolute Gasteiger partial charge is 0.0235 e. The van der Waals surface area contributed by atoms with Gasteiger partial charge in [-0.15, -0.1) is 0 Å². The minimum absolute atomic E-state index is 1.08. The molecule has 1 heterocycles. The minimum atomic E-state index is 1.08. The van der Waals surface area contributed by atoms with Crippen LogP contribution in [0.2, 0.25) is 0 Å². The maximum Gasteiger partial charge on any atom is 0.0235 e. The van der Waals surface area contributed by atoms with Crippen LogP contribution in [0.15, 0.2) is 30.3 Å². The zero-order valence-electron chi connectivity index (χ0n) is 10.9. The van der Waals surface area contributed by atoms with Crippen LogP contribution in [-0.4, -0.2) is 43.0 Å². The average molecular weight is 230 g/mol. The summed E-state index contributed by atoms with van der Waals surface area (Å²) in [6.07, 6.45) is 4.25. The molecule has 1 aliphatic heterocycles. The number of hydrogen-bond donors (Lipinski definition) is 0. The summed E-state index contributed by atoms with van der Waals surface area (Å²) in [6.45, 7) is 7.89. The van der Waals surface area contributed by atoms with Crippen molar-refractivity contribution < 1.29 is 0 Å². The van der Waals surface area contributed by atoms with Crippen molar-refractivity contribution in [3.63, 3.8) is 0 Å². The molecule has 0 amide bonds. The summed E-state index contributed by atoms with van der Waals surface area (Å²) >= 11 is 0. The Morgan fingerprint density at radius 3 is 2.65 bits per heavy atom. The monoisotopic (exact) mass is 230 g/mol. The third kappa shape index (κ3) is 3.69. The van der Waals surface area contributed by atoms with E-state index in [2.05, 4.69) is 60.2 Å². The summed E-state index contributed by atoms with van der Waals surface area (Å²) < 4.78 is 0. The molecule has 1 fully saturated rings. The molecule has 0 spiro atoms. The first-order valence-electron chi connectivity index (χ1n) is 6.40. The quantitative estimate of drug-likeness (QED) is 0.787. The predicted octanol–water partition coefficient (Wildman–Crippen LogP) is 2.47. The zero-order valence-corrected chi connectivity index (χ0v) is 10.9. The fourth-order valence-corrected chi connectivity index (χ4v) is 2.25. The van der Waals surface area contributed by atoms with E-state index in [-0.39, 0.29) is 0 Å². The molecule has 0 N–H and O–H groups in total. The molecule has 1 aliphatic rings. The number of piperazine rings is 1. The fraction of sp³-hybridized carbons (Fsp3) is 0.467. The number of rotatable bonds is 3. The summed E-state index contributed by atoms with van der Waals surface area (Å²) in [5.74, 6) is 0. The summed E-state index contributed by atoms with van der Waals surface area (Å²) in [5.41, 5.74) is 2.73. The Labute approximate surface area is 105 Å². The highest BCUT2D eigenvalue weighted by atomic mass is 15.2. The van der Waals surface area contributed by atoms with Crippen LogP contribution in [-0.2, 0) is 6.54 Å². The van der Waals surface area contributed by atoms with Gasteiger partial charge in [-0.3, -0.25) is 4.90 Å². The largest absolute Gasteiger partial charge is 0.304 e. The molecule has 92 valence electrons. The van der Waals surface area contributed by atoms with Crippen molar-refractivity contribution in [3.8, 4) is 0 Å². The molecule has 2 rings (SSSR count). The Morgan fingerprint density at radius 2 is 1.94 bits per heavy atom. The molecule has 1 aromatic rings. The van der Waals surface area contributed by atoms with Crippen LogP contribution in [0.1, 0.15) is 18.1 Å². The lowest BCUT2D eigenvalue weighted by Gasteiger charge is -2.32. The second kappa shape index (κ2) is 5.99. The molecular formula is C15H22N2. The fourth-order valence-electron chi connectivity index (χ4n) is 2.25. The van der Waals surface area contributed by atoms with E-state index in [9.17, 15) is 0 Å². The first-order chi connectivity index (χ1) is 8.28. The van der Waals surface area contributed by atoms with Crippen LogP contribution in [0, 0.1) is 0 Å². The van der Waals surface area contributed by atoms with Crippen molar-refractivity contribution in [2.24, 2.45) is 0 Å². The molecule has 17 heavy (non-hydrogen) atoms. The van der Waals surface area contributed by atoms with E-state index in [4.69, 9.17) is 0 Å². The van der Waals surface area contributed by atoms with E-state index in [1.54, 1.807) is 0 Å². The molecule has 1 saturated heterocycles. The molecule has 0 bridgehead atoms. The lowest BCUT2D eigenvalue weighted by Crippen LogP contribution is -2.43. The lowest BCUT2D eigenvalue weighted by atomic mass is 10.1. The zero-order chi connectivity index (χ0) is 12.1. The van der Waals surface area contributed by atoms with Gasteiger partial charge in [-0.25, -0.2) is 0 Å². The summed E-state index contributed by atoms with van der Waals surface area (Å²) in [6, 6.07) is 8.83. The van der Waals surface area contributed by atoms with Gasteiger partial charge in [0.1, 0.15) is 0 Å². The second-order valence-electron chi connectivity index (χ2n) is 4.82. The second-order valence-corrected chi connectivity index (χ2v) is 4.82. The topological polar surface area (TPSA) is 6.48 Å². The van der Waals surface area contributed by atoms with Crippen molar-refractivity contribution in [2.45, 2.75) is 13.5 Å². The van der Waals surface area contributed by atoms with Gasteiger partial charge in [0, 0.05) is 32.7 Å². The number of hydrogen-bond acceptors (Lipinski definition) is 2. The molecule has 0 atom stereocenters. The average Bonchev–Trinajstić information content (AvgIpc) is 2.33. The van der Waals surface area contributed by atoms with Crippen LogP contribution < -0.4 is 0 Å². The Morgan fingerprint density at radius 1 is 1.18 bits per heavy atom. The Hall–Kier alpha value is -1.12. The van der Waals surface area contributed by atoms with Crippen LogP contribution >= 0.6 is 0 Å². The van der Waals surface area contributed by atoms with Gasteiger partial charge in [0.2, 0.25) is 0 Å². The molecular weight excluding hydrogens is 208 g/mol. The molecule has 0 aromatic heterocycles. The van der Waals surface area contributed by atoms with Crippen molar-refractivity contribution >= 4 is 6.08 Å². The van der Waals surface area contributed by atoms with Crippen LogP contribution in [0.25, 0.3) is 6.08 Å². The van der Waals surface area contributed by atoms with Gasteiger partial charge in [-0.1, -0.05) is 36.4 Å². The van der Waals surface area contributed by atoms with Crippen LogP contribution in [0.5, 0.6) is 0 Å². The molecule has 1 aromatic carbocycles. The van der Waals surface area contributed by atoms with Gasteiger partial charge in [-0.2, -0.15) is 0 Å². The summed E-state index contributed by atoms with van der Waals surface area (Å²) in [7, 11) is 2.20. The maximum absolute atomic E-state index is 2.54. The van der Waals surface area contributed by atoms with Crippen LogP contribution in [0.3, 0.4) is 0 Å². The summed E-state index contributed by atoms with van der Waals surface area (Å²) in [4.78, 5) is 4.93. The van der Waals surface area contributed by atoms with Crippen molar-refractivity contribution in [1.82, 2.24) is 9.80 Å². The van der Waals surface area contributed by atoms with E-state index in [0.717, 1.165) is 6.54 Å². The van der Waals surface area contributed by atoms with Crippen molar-refractivity contribution in [2.75, 3.05) is 33.2 Å². The molecule has 2 heteroatoms. The third-order valence-electron chi connectivity index (χ3n) is 3.31. The lowest BCUT2D eigenvalue weighted by molar-refractivity contribution is 0.148. The standard InChI is InChI=1S/C15H22N2/c1-3-5-14-6-4-7-15(12-14)13-17-10-8-16(2)9-11-17/h3-7,12H,8-11,13H2,1-2H3/b5-3+. The predicted molar refractivity (Wildman–Crippen MR) is 73.9 cm³/mol. The Kier molecular flexibility index (Phi) is 4.35. The van der Waals surface area contributed by atoms with Gasteiger partial charge < -0.3 is 4.90 Å². The van der Waals surface area contributed by atoms with E-state index < -0.39 is 0 Å². The SMILES string of the molecule is C/C=C/c1cccc(CN2CCN(C)CC2)c1. The van der Waals surface area contributed by atoms with Crippen molar-refractivity contribution in [3.05, 3.63) is 41.5 Å². The first-order valence-corrected chi connectivity index (χ1v) is 6.40. The normalized spacial score (nSPS) is 18.9. The van der Waals surface area contributed by atoms with E-state index in [1.165, 1.54) is 37.3 Å². The highest BCUT2D eigenvalue weighted by Gasteiger charge is 2.13. The third-order valence-corrected chi connectivity index (χ3v) is 3.31. The summed E-state index contributed by atoms with van der Waals surface area (Å²) in [5, 5.41) is 0. The van der Waals surface area contributed by atoms with E-state index >= 15 is 0 Å². The van der Waals surface area contributed by atoms with Gasteiger partial charge >= 0.3 is 0 Å². The number of nitrogens with zero attached hydrogens (tertiary/aromatic N) is 2. The number of benzene rings is 1. The minimum Gasteiger partial charge on any atom is -0.304 e. The number of allylic oxidation sites excluding steroid dienone is 1. The van der Waals surface area contributed by atoms with E-state index in [1.807, 2.05) is 0 Å². The Balaban J connectivity index is 1.96.